The fraction of sp³-hybridized carbons (Fsp3) is 0.316. The van der Waals surface area contributed by atoms with Crippen LogP contribution in [-0.4, -0.2) is 19.7 Å². The van der Waals surface area contributed by atoms with Crippen LogP contribution in [0.4, 0.5) is 23.7 Å². The molecule has 0 aliphatic heterocycles. The van der Waals surface area contributed by atoms with Gasteiger partial charge in [-0.2, -0.15) is 13.2 Å². The number of ether oxygens (including phenoxy) is 1. The van der Waals surface area contributed by atoms with E-state index in [-0.39, 0.29) is 11.1 Å². The highest BCUT2D eigenvalue weighted by molar-refractivity contribution is 5.89. The fourth-order valence-corrected chi connectivity index (χ4v) is 2.86. The molecule has 0 saturated heterocycles. The predicted molar refractivity (Wildman–Crippen MR) is 92.4 cm³/mol. The summed E-state index contributed by atoms with van der Waals surface area (Å²) in [6, 6.07) is 11.7. The van der Waals surface area contributed by atoms with Crippen LogP contribution in [-0.2, 0) is 11.6 Å². The summed E-state index contributed by atoms with van der Waals surface area (Å²) in [6.07, 6.45) is -2.55. The van der Waals surface area contributed by atoms with Gasteiger partial charge in [0, 0.05) is 17.6 Å². The Hall–Kier alpha value is -2.70. The number of urea groups is 1. The summed E-state index contributed by atoms with van der Waals surface area (Å²) >= 11 is 0. The number of anilines is 1. The van der Waals surface area contributed by atoms with Crippen molar-refractivity contribution in [3.63, 3.8) is 0 Å². The molecule has 1 aliphatic carbocycles. The number of nitrogens with one attached hydrogen (secondary N) is 2. The number of alkyl halides is 3. The Labute approximate surface area is 149 Å². The Kier molecular flexibility index (Phi) is 4.80. The van der Waals surface area contributed by atoms with Gasteiger partial charge >= 0.3 is 12.2 Å². The van der Waals surface area contributed by atoms with Crippen LogP contribution in [0.1, 0.15) is 24.0 Å². The summed E-state index contributed by atoms with van der Waals surface area (Å²) in [5.74, 6) is 0.764. The van der Waals surface area contributed by atoms with E-state index in [0.717, 1.165) is 36.3 Å². The van der Waals surface area contributed by atoms with Gasteiger partial charge in [-0.25, -0.2) is 4.79 Å². The highest BCUT2D eigenvalue weighted by atomic mass is 19.4. The molecule has 2 aromatic carbocycles. The lowest BCUT2D eigenvalue weighted by Gasteiger charge is -2.17. The molecule has 0 unspecified atom stereocenters. The number of carbonyl (C=O) groups is 1. The summed E-state index contributed by atoms with van der Waals surface area (Å²) in [7, 11) is 1.60. The molecule has 4 nitrogen and oxygen atoms in total. The van der Waals surface area contributed by atoms with E-state index in [9.17, 15) is 18.0 Å². The molecule has 1 aliphatic rings. The lowest BCUT2D eigenvalue weighted by atomic mass is 9.96. The van der Waals surface area contributed by atoms with E-state index in [1.807, 2.05) is 24.3 Å². The minimum absolute atomic E-state index is 0.103. The van der Waals surface area contributed by atoms with Gasteiger partial charge in [-0.3, -0.25) is 0 Å². The highest BCUT2D eigenvalue weighted by Gasteiger charge is 2.44. The maximum absolute atomic E-state index is 12.7. The molecular weight excluding hydrogens is 345 g/mol. The zero-order valence-corrected chi connectivity index (χ0v) is 14.2. The number of hydrogen-bond acceptors (Lipinski definition) is 2. The molecule has 0 spiro atoms. The second-order valence-corrected chi connectivity index (χ2v) is 6.40. The largest absolute Gasteiger partial charge is 0.497 e. The first-order chi connectivity index (χ1) is 12.3. The van der Waals surface area contributed by atoms with Crippen LogP contribution in [0.2, 0.25) is 0 Å². The van der Waals surface area contributed by atoms with Crippen LogP contribution >= 0.6 is 0 Å². The van der Waals surface area contributed by atoms with E-state index >= 15 is 0 Å². The Morgan fingerprint density at radius 1 is 1.15 bits per heavy atom. The van der Waals surface area contributed by atoms with E-state index in [4.69, 9.17) is 4.74 Å². The van der Waals surface area contributed by atoms with Crippen molar-refractivity contribution in [2.45, 2.75) is 24.4 Å². The number of carbonyl (C=O) groups excluding carboxylic acids is 1. The van der Waals surface area contributed by atoms with Gasteiger partial charge < -0.3 is 15.4 Å². The third-order valence-electron chi connectivity index (χ3n) is 4.59. The molecule has 1 saturated carbocycles. The average Bonchev–Trinajstić information content (AvgIpc) is 3.41. The molecule has 0 atom stereocenters. The van der Waals surface area contributed by atoms with Crippen molar-refractivity contribution in [2.75, 3.05) is 19.0 Å². The van der Waals surface area contributed by atoms with E-state index < -0.39 is 17.8 Å². The SMILES string of the molecule is COc1ccc(C2(CNC(=O)Nc3cccc(C(F)(F)F)c3)CC2)cc1. The van der Waals surface area contributed by atoms with E-state index in [1.165, 1.54) is 12.1 Å². The van der Waals surface area contributed by atoms with Gasteiger partial charge in [0.2, 0.25) is 0 Å². The van der Waals surface area contributed by atoms with Gasteiger partial charge in [0.25, 0.3) is 0 Å². The molecule has 26 heavy (non-hydrogen) atoms. The second-order valence-electron chi connectivity index (χ2n) is 6.40. The minimum Gasteiger partial charge on any atom is -0.497 e. The first kappa shape index (κ1) is 18.1. The van der Waals surface area contributed by atoms with Crippen LogP contribution < -0.4 is 15.4 Å². The quantitative estimate of drug-likeness (QED) is 0.817. The minimum atomic E-state index is -4.44. The molecule has 2 N–H and O–H groups in total. The average molecular weight is 364 g/mol. The number of rotatable bonds is 5. The zero-order chi connectivity index (χ0) is 18.8. The standard InChI is InChI=1S/C19H19F3N2O2/c1-26-16-7-5-13(6-8-16)18(9-10-18)12-23-17(25)24-15-4-2-3-14(11-15)19(20,21)22/h2-8,11H,9-10,12H2,1H3,(H2,23,24,25). The normalized spacial score (nSPS) is 15.2. The Morgan fingerprint density at radius 2 is 1.85 bits per heavy atom. The third-order valence-corrected chi connectivity index (χ3v) is 4.59. The van der Waals surface area contributed by atoms with Crippen LogP contribution in [0.3, 0.4) is 0 Å². The van der Waals surface area contributed by atoms with Crippen molar-refractivity contribution < 1.29 is 22.7 Å². The van der Waals surface area contributed by atoms with E-state index in [0.29, 0.717) is 6.54 Å². The lowest BCUT2D eigenvalue weighted by Crippen LogP contribution is -2.35. The maximum atomic E-state index is 12.7. The van der Waals surface area contributed by atoms with Gasteiger partial charge in [-0.1, -0.05) is 18.2 Å². The molecule has 0 aromatic heterocycles. The summed E-state index contributed by atoms with van der Waals surface area (Å²) in [5, 5.41) is 5.21. The molecule has 2 aromatic rings. The topological polar surface area (TPSA) is 50.4 Å². The summed E-state index contributed by atoms with van der Waals surface area (Å²) in [5.41, 5.74) is 0.300. The van der Waals surface area contributed by atoms with Crippen molar-refractivity contribution in [2.24, 2.45) is 0 Å². The van der Waals surface area contributed by atoms with Crippen molar-refractivity contribution in [1.82, 2.24) is 5.32 Å². The number of methoxy groups -OCH3 is 1. The summed E-state index contributed by atoms with van der Waals surface area (Å²) in [4.78, 5) is 12.1. The van der Waals surface area contributed by atoms with Crippen LogP contribution in [0.5, 0.6) is 5.75 Å². The van der Waals surface area contributed by atoms with E-state index in [1.54, 1.807) is 7.11 Å². The molecular formula is C19H19F3N2O2. The fourth-order valence-electron chi connectivity index (χ4n) is 2.86. The highest BCUT2D eigenvalue weighted by Crippen LogP contribution is 2.47. The van der Waals surface area contributed by atoms with Crippen molar-refractivity contribution >= 4 is 11.7 Å². The molecule has 3 rings (SSSR count). The molecule has 0 heterocycles. The summed E-state index contributed by atoms with van der Waals surface area (Å²) < 4.78 is 43.3. The Morgan fingerprint density at radius 3 is 2.42 bits per heavy atom. The monoisotopic (exact) mass is 364 g/mol. The molecule has 0 bridgehead atoms. The maximum Gasteiger partial charge on any atom is 0.416 e. The zero-order valence-electron chi connectivity index (χ0n) is 14.2. The van der Waals surface area contributed by atoms with E-state index in [2.05, 4.69) is 10.6 Å². The first-order valence-corrected chi connectivity index (χ1v) is 8.19. The Balaban J connectivity index is 1.59. The summed E-state index contributed by atoms with van der Waals surface area (Å²) in [6.45, 7) is 0.421. The smallest absolute Gasteiger partial charge is 0.416 e. The number of amides is 2. The second kappa shape index (κ2) is 6.90. The first-order valence-electron chi connectivity index (χ1n) is 8.19. The van der Waals surface area contributed by atoms with Gasteiger partial charge in [0.05, 0.1) is 12.7 Å². The number of benzene rings is 2. The molecule has 138 valence electrons. The van der Waals surface area contributed by atoms with Crippen LogP contribution in [0, 0.1) is 0 Å². The van der Waals surface area contributed by atoms with Crippen molar-refractivity contribution in [3.8, 4) is 5.75 Å². The van der Waals surface area contributed by atoms with Gasteiger partial charge in [-0.15, -0.1) is 0 Å². The molecule has 2 amide bonds. The van der Waals surface area contributed by atoms with Gasteiger partial charge in [-0.05, 0) is 48.7 Å². The molecule has 0 radical (unpaired) electrons. The van der Waals surface area contributed by atoms with Crippen LogP contribution in [0.25, 0.3) is 0 Å². The molecule has 7 heteroatoms. The van der Waals surface area contributed by atoms with Gasteiger partial charge in [0.15, 0.2) is 0 Å². The predicted octanol–water partition coefficient (Wildman–Crippen LogP) is 4.57. The molecule has 1 fully saturated rings. The Bertz CT molecular complexity index is 784. The van der Waals surface area contributed by atoms with Crippen molar-refractivity contribution in [1.29, 1.82) is 0 Å². The third kappa shape index (κ3) is 4.09. The van der Waals surface area contributed by atoms with Crippen molar-refractivity contribution in [3.05, 3.63) is 59.7 Å². The number of halogens is 3. The number of hydrogen-bond donors (Lipinski definition) is 2. The van der Waals surface area contributed by atoms with Crippen LogP contribution in [0.15, 0.2) is 48.5 Å². The lowest BCUT2D eigenvalue weighted by molar-refractivity contribution is -0.137. The van der Waals surface area contributed by atoms with Gasteiger partial charge in [0.1, 0.15) is 5.75 Å².